The summed E-state index contributed by atoms with van der Waals surface area (Å²) < 4.78 is 0. The van der Waals surface area contributed by atoms with E-state index in [4.69, 9.17) is 0 Å². The Morgan fingerprint density at radius 2 is 1.59 bits per heavy atom. The normalized spacial score (nSPS) is 27.0. The van der Waals surface area contributed by atoms with Crippen LogP contribution in [-0.2, 0) is 25.7 Å². The molecule has 2 fully saturated rings. The first kappa shape index (κ1) is 28.8. The van der Waals surface area contributed by atoms with Crippen molar-refractivity contribution in [3.63, 3.8) is 0 Å². The molecule has 232 valence electrons. The van der Waals surface area contributed by atoms with E-state index in [1.165, 1.54) is 11.6 Å². The van der Waals surface area contributed by atoms with E-state index in [2.05, 4.69) is 17.0 Å². The van der Waals surface area contributed by atoms with Crippen molar-refractivity contribution in [2.45, 2.75) is 51.1 Å². The van der Waals surface area contributed by atoms with Gasteiger partial charge in [0.15, 0.2) is 11.6 Å². The Balaban J connectivity index is 1.14. The van der Waals surface area contributed by atoms with Crippen molar-refractivity contribution in [1.82, 2.24) is 9.80 Å². The molecule has 0 unspecified atom stereocenters. The number of phenolic OH excluding ortho intramolecular Hbond substituents is 1. The molecule has 0 bridgehead atoms. The lowest BCUT2D eigenvalue weighted by molar-refractivity contribution is -0.144. The maximum Gasteiger partial charge on any atom is 0.233 e. The first-order valence-corrected chi connectivity index (χ1v) is 16.4. The summed E-state index contributed by atoms with van der Waals surface area (Å²) in [5.41, 5.74) is 3.87. The standard InChI is InChI=1S/C39H36N2O5/c1-22-19-32(43)30-20-29-27(35(36(30)37(22)44)34-26-10-6-5-9-24(26)11-14-31(34)42)12-13-28-33(29)39(46)41(38(28)45)25-15-17-40(18-16-25)21-23-7-3-2-4-8-23/h2-12,14,19,25,28-29,33,35,42H,13,15-18,20-21H2,1H3/t28-,29+,33-,35+/m0/s1. The molecule has 2 saturated heterocycles. The summed E-state index contributed by atoms with van der Waals surface area (Å²) in [6, 6.07) is 21.4. The molecule has 3 aromatic rings. The predicted octanol–water partition coefficient (Wildman–Crippen LogP) is 5.64. The van der Waals surface area contributed by atoms with E-state index in [-0.39, 0.29) is 41.6 Å². The lowest BCUT2D eigenvalue weighted by atomic mass is 9.59. The molecule has 8 rings (SSSR count). The van der Waals surface area contributed by atoms with Gasteiger partial charge in [0, 0.05) is 53.9 Å². The van der Waals surface area contributed by atoms with Gasteiger partial charge >= 0.3 is 0 Å². The van der Waals surface area contributed by atoms with Gasteiger partial charge in [-0.1, -0.05) is 72.3 Å². The summed E-state index contributed by atoms with van der Waals surface area (Å²) in [6.07, 6.45) is 5.52. The van der Waals surface area contributed by atoms with Crippen LogP contribution < -0.4 is 0 Å². The molecular formula is C39H36N2O5. The number of hydrogen-bond acceptors (Lipinski definition) is 6. The van der Waals surface area contributed by atoms with E-state index >= 15 is 0 Å². The molecule has 0 spiro atoms. The largest absolute Gasteiger partial charge is 0.508 e. The number of benzene rings is 3. The Bertz CT molecular complexity index is 1910. The zero-order chi connectivity index (χ0) is 31.7. The lowest BCUT2D eigenvalue weighted by Gasteiger charge is -2.42. The predicted molar refractivity (Wildman–Crippen MR) is 174 cm³/mol. The number of piperidine rings is 1. The number of aromatic hydroxyl groups is 1. The monoisotopic (exact) mass is 612 g/mol. The second-order valence-corrected chi connectivity index (χ2v) is 13.5. The zero-order valence-corrected chi connectivity index (χ0v) is 25.8. The second kappa shape index (κ2) is 11.0. The number of nitrogens with zero attached hydrogens (tertiary/aromatic N) is 2. The van der Waals surface area contributed by atoms with Gasteiger partial charge in [-0.25, -0.2) is 0 Å². The van der Waals surface area contributed by atoms with Crippen LogP contribution in [0, 0.1) is 17.8 Å². The van der Waals surface area contributed by atoms with Crippen molar-refractivity contribution in [3.05, 3.63) is 112 Å². The molecule has 1 N–H and O–H groups in total. The van der Waals surface area contributed by atoms with E-state index in [1.54, 1.807) is 17.9 Å². The molecule has 3 aromatic carbocycles. The SMILES string of the molecule is CC1=CC(=O)C2=C(C1=O)[C@@H](c1c(O)ccc3ccccc13)C1=CC[C@@H]3C(=O)N(C4CCN(Cc5ccccc5)CC4)C(=O)[C@@H]3[C@@H]1C2. The lowest BCUT2D eigenvalue weighted by Crippen LogP contribution is -2.47. The van der Waals surface area contributed by atoms with Crippen LogP contribution in [0.4, 0.5) is 0 Å². The third-order valence-corrected chi connectivity index (χ3v) is 11.0. The fourth-order valence-electron chi connectivity index (χ4n) is 8.84. The van der Waals surface area contributed by atoms with Gasteiger partial charge < -0.3 is 5.11 Å². The van der Waals surface area contributed by atoms with E-state index in [0.717, 1.165) is 48.8 Å². The van der Waals surface area contributed by atoms with Crippen molar-refractivity contribution in [2.24, 2.45) is 17.8 Å². The molecule has 0 aromatic heterocycles. The fourth-order valence-corrected chi connectivity index (χ4v) is 8.84. The number of likely N-dealkylation sites (tertiary alicyclic amines) is 2. The van der Waals surface area contributed by atoms with Crippen molar-refractivity contribution < 1.29 is 24.3 Å². The third-order valence-electron chi connectivity index (χ3n) is 11.0. The van der Waals surface area contributed by atoms with Crippen LogP contribution in [0.2, 0.25) is 0 Å². The van der Waals surface area contributed by atoms with Crippen LogP contribution in [-0.4, -0.2) is 57.4 Å². The summed E-state index contributed by atoms with van der Waals surface area (Å²) in [4.78, 5) is 59.7. The molecular weight excluding hydrogens is 576 g/mol. The minimum absolute atomic E-state index is 0.0457. The minimum atomic E-state index is -0.681. The summed E-state index contributed by atoms with van der Waals surface area (Å²) in [6.45, 7) is 4.11. The first-order valence-electron chi connectivity index (χ1n) is 16.4. The fraction of sp³-hybridized carbons (Fsp3) is 0.333. The number of imide groups is 1. The van der Waals surface area contributed by atoms with Crippen molar-refractivity contribution in [2.75, 3.05) is 13.1 Å². The van der Waals surface area contributed by atoms with Gasteiger partial charge in [0.1, 0.15) is 5.75 Å². The molecule has 0 saturated carbocycles. The third kappa shape index (κ3) is 4.43. The van der Waals surface area contributed by atoms with Crippen molar-refractivity contribution in [3.8, 4) is 5.75 Å². The maximum atomic E-state index is 14.4. The quantitative estimate of drug-likeness (QED) is 0.233. The number of fused-ring (bicyclic) bond motifs is 4. The molecule has 2 aliphatic heterocycles. The molecule has 3 aliphatic carbocycles. The Morgan fingerprint density at radius 1 is 0.848 bits per heavy atom. The summed E-state index contributed by atoms with van der Waals surface area (Å²) in [7, 11) is 0. The summed E-state index contributed by atoms with van der Waals surface area (Å²) in [5, 5.41) is 13.1. The van der Waals surface area contributed by atoms with Crippen LogP contribution in [0.15, 0.2) is 101 Å². The average molecular weight is 613 g/mol. The van der Waals surface area contributed by atoms with Crippen LogP contribution in [0.1, 0.15) is 49.7 Å². The zero-order valence-electron chi connectivity index (χ0n) is 25.8. The number of phenols is 1. The summed E-state index contributed by atoms with van der Waals surface area (Å²) >= 11 is 0. The molecule has 7 nitrogen and oxygen atoms in total. The number of amides is 2. The van der Waals surface area contributed by atoms with Gasteiger partial charge in [-0.2, -0.15) is 0 Å². The van der Waals surface area contributed by atoms with E-state index in [9.17, 15) is 24.3 Å². The van der Waals surface area contributed by atoms with Gasteiger partial charge in [-0.3, -0.25) is 29.0 Å². The number of carbonyl (C=O) groups excluding carboxylic acids is 4. The average Bonchev–Trinajstić information content (AvgIpc) is 3.33. The van der Waals surface area contributed by atoms with E-state index in [1.807, 2.05) is 54.6 Å². The highest BCUT2D eigenvalue weighted by atomic mass is 16.3. The van der Waals surface area contributed by atoms with Crippen LogP contribution >= 0.6 is 0 Å². The Morgan fingerprint density at radius 3 is 2.37 bits per heavy atom. The van der Waals surface area contributed by atoms with Crippen LogP contribution in [0.5, 0.6) is 5.75 Å². The smallest absolute Gasteiger partial charge is 0.233 e. The molecule has 46 heavy (non-hydrogen) atoms. The highest BCUT2D eigenvalue weighted by molar-refractivity contribution is 6.24. The number of carbonyl (C=O) groups is 4. The number of Topliss-reactive ketones (excluding diaryl/α,β-unsaturated/α-hetero) is 1. The van der Waals surface area contributed by atoms with Crippen LogP contribution in [0.3, 0.4) is 0 Å². The topological polar surface area (TPSA) is 95.0 Å². The van der Waals surface area contributed by atoms with Gasteiger partial charge in [-0.15, -0.1) is 0 Å². The summed E-state index contributed by atoms with van der Waals surface area (Å²) in [5.74, 6) is -2.83. The maximum absolute atomic E-state index is 14.4. The number of rotatable bonds is 4. The number of hydrogen-bond donors (Lipinski definition) is 1. The number of allylic oxidation sites excluding steroid dienone is 6. The van der Waals surface area contributed by atoms with Gasteiger partial charge in [0.25, 0.3) is 0 Å². The Labute approximate surface area is 267 Å². The molecule has 2 heterocycles. The van der Waals surface area contributed by atoms with Gasteiger partial charge in [-0.05, 0) is 67.0 Å². The van der Waals surface area contributed by atoms with E-state index in [0.29, 0.717) is 28.7 Å². The van der Waals surface area contributed by atoms with Crippen molar-refractivity contribution in [1.29, 1.82) is 0 Å². The van der Waals surface area contributed by atoms with Crippen molar-refractivity contribution >= 4 is 34.2 Å². The molecule has 7 heteroatoms. The number of ketones is 2. The molecule has 0 radical (unpaired) electrons. The second-order valence-electron chi connectivity index (χ2n) is 13.5. The minimum Gasteiger partial charge on any atom is -0.508 e. The molecule has 2 amide bonds. The Kier molecular flexibility index (Phi) is 6.91. The highest BCUT2D eigenvalue weighted by Crippen LogP contribution is 2.57. The van der Waals surface area contributed by atoms with Crippen LogP contribution in [0.25, 0.3) is 10.8 Å². The molecule has 4 atom stereocenters. The highest BCUT2D eigenvalue weighted by Gasteiger charge is 2.57. The first-order chi connectivity index (χ1) is 22.3. The Hall–Kier alpha value is -4.62. The van der Waals surface area contributed by atoms with Gasteiger partial charge in [0.2, 0.25) is 11.8 Å². The van der Waals surface area contributed by atoms with E-state index < -0.39 is 23.7 Å². The molecule has 5 aliphatic rings. The van der Waals surface area contributed by atoms with Gasteiger partial charge in [0.05, 0.1) is 11.8 Å².